The van der Waals surface area contributed by atoms with Crippen LogP contribution < -0.4 is 10.1 Å². The third-order valence-electron chi connectivity index (χ3n) is 5.04. The zero-order valence-corrected chi connectivity index (χ0v) is 21.4. The van der Waals surface area contributed by atoms with Gasteiger partial charge in [-0.2, -0.15) is 0 Å². The number of carbonyl (C=O) groups excluding carboxylic acids is 1. The Balaban J connectivity index is 1.68. The van der Waals surface area contributed by atoms with E-state index >= 15 is 0 Å². The topological polar surface area (TPSA) is 94.8 Å². The molecule has 13 heteroatoms. The molecule has 0 spiro atoms. The highest BCUT2D eigenvalue weighted by atomic mass is 35.5. The number of amides is 1. The van der Waals surface area contributed by atoms with Crippen LogP contribution in [0.2, 0.25) is 5.02 Å². The van der Waals surface area contributed by atoms with Gasteiger partial charge in [0.05, 0.1) is 11.4 Å². The molecule has 192 valence electrons. The van der Waals surface area contributed by atoms with Crippen LogP contribution in [0.4, 0.5) is 18.9 Å². The van der Waals surface area contributed by atoms with E-state index in [1.165, 1.54) is 28.6 Å². The van der Waals surface area contributed by atoms with Crippen LogP contribution in [-0.4, -0.2) is 37.2 Å². The predicted molar refractivity (Wildman–Crippen MR) is 133 cm³/mol. The number of anilines is 1. The highest BCUT2D eigenvalue weighted by molar-refractivity contribution is 7.98. The average molecular weight is 549 g/mol. The summed E-state index contributed by atoms with van der Waals surface area (Å²) in [6.07, 6.45) is -4.81. The van der Waals surface area contributed by atoms with Gasteiger partial charge in [-0.05, 0) is 68.8 Å². The van der Waals surface area contributed by atoms with Gasteiger partial charge in [0.1, 0.15) is 5.75 Å². The van der Waals surface area contributed by atoms with Gasteiger partial charge in [0.15, 0.2) is 10.9 Å². The van der Waals surface area contributed by atoms with E-state index in [1.807, 2.05) is 26.8 Å². The first-order valence-corrected chi connectivity index (χ1v) is 12.2. The van der Waals surface area contributed by atoms with E-state index < -0.39 is 12.3 Å². The van der Waals surface area contributed by atoms with E-state index in [2.05, 4.69) is 30.3 Å². The van der Waals surface area contributed by atoms with Gasteiger partial charge in [0.2, 0.25) is 0 Å². The minimum Gasteiger partial charge on any atom is -0.406 e. The number of aryl methyl sites for hydroxylation is 3. The van der Waals surface area contributed by atoms with Crippen molar-refractivity contribution in [2.45, 2.75) is 38.0 Å². The molecule has 1 amide bonds. The third-order valence-corrected chi connectivity index (χ3v) is 6.13. The number of alkyl halides is 3. The summed E-state index contributed by atoms with van der Waals surface area (Å²) in [6.45, 7) is 5.52. The van der Waals surface area contributed by atoms with Crippen LogP contribution in [0.25, 0.3) is 5.69 Å². The van der Waals surface area contributed by atoms with Crippen LogP contribution in [0, 0.1) is 20.8 Å². The van der Waals surface area contributed by atoms with Crippen LogP contribution in [0.5, 0.6) is 5.75 Å². The van der Waals surface area contributed by atoms with Crippen molar-refractivity contribution in [3.8, 4) is 11.4 Å². The number of aromatic nitrogens is 5. The summed E-state index contributed by atoms with van der Waals surface area (Å²) in [7, 11) is 0. The van der Waals surface area contributed by atoms with Gasteiger partial charge in [0, 0.05) is 27.9 Å². The lowest BCUT2D eigenvalue weighted by Gasteiger charge is -2.11. The second-order valence-electron chi connectivity index (χ2n) is 7.97. The van der Waals surface area contributed by atoms with Gasteiger partial charge in [-0.1, -0.05) is 34.6 Å². The van der Waals surface area contributed by atoms with E-state index in [-0.39, 0.29) is 17.2 Å². The third kappa shape index (κ3) is 6.77. The Hall–Kier alpha value is -3.64. The molecule has 8 nitrogen and oxygen atoms in total. The van der Waals surface area contributed by atoms with E-state index in [4.69, 9.17) is 11.6 Å². The Labute approximate surface area is 219 Å². The van der Waals surface area contributed by atoms with Gasteiger partial charge in [-0.25, -0.2) is 14.6 Å². The van der Waals surface area contributed by atoms with Crippen LogP contribution in [-0.2, 0) is 5.75 Å². The van der Waals surface area contributed by atoms with Gasteiger partial charge >= 0.3 is 6.36 Å². The number of hydrogen-bond donors (Lipinski definition) is 1. The smallest absolute Gasteiger partial charge is 0.406 e. The molecule has 1 N–H and O–H groups in total. The van der Waals surface area contributed by atoms with Crippen LogP contribution >= 0.6 is 23.4 Å². The Morgan fingerprint density at radius 3 is 2.38 bits per heavy atom. The molecule has 2 heterocycles. The molecule has 0 unspecified atom stereocenters. The van der Waals surface area contributed by atoms with Gasteiger partial charge in [-0.15, -0.1) is 18.3 Å². The molecule has 0 aliphatic rings. The van der Waals surface area contributed by atoms with Crippen LogP contribution in [0.3, 0.4) is 0 Å². The summed E-state index contributed by atoms with van der Waals surface area (Å²) in [5.74, 6) is -0.704. The zero-order chi connectivity index (χ0) is 26.7. The van der Waals surface area contributed by atoms with Crippen molar-refractivity contribution in [1.29, 1.82) is 0 Å². The fourth-order valence-corrected chi connectivity index (χ4v) is 4.52. The van der Waals surface area contributed by atoms with E-state index in [1.54, 1.807) is 18.2 Å². The predicted octanol–water partition coefficient (Wildman–Crippen LogP) is 6.08. The highest BCUT2D eigenvalue weighted by Crippen LogP contribution is 2.28. The first-order chi connectivity index (χ1) is 17.5. The Morgan fingerprint density at radius 2 is 1.73 bits per heavy atom. The van der Waals surface area contributed by atoms with Crippen molar-refractivity contribution in [3.63, 3.8) is 0 Å². The molecule has 0 aliphatic heterocycles. The number of rotatable bonds is 7. The first-order valence-electron chi connectivity index (χ1n) is 10.8. The summed E-state index contributed by atoms with van der Waals surface area (Å²) in [4.78, 5) is 22.0. The second-order valence-corrected chi connectivity index (χ2v) is 9.35. The lowest BCUT2D eigenvalue weighted by atomic mass is 10.2. The number of halogens is 4. The monoisotopic (exact) mass is 548 g/mol. The van der Waals surface area contributed by atoms with Gasteiger partial charge < -0.3 is 10.1 Å². The standard InChI is InChI=1S/C24H20ClF3N6O2S/c1-13-4-5-16(25)11-19(13)31-22(35)21-20(12-37-23-29-14(2)10-15(3)30-23)34(33-32-21)17-6-8-18(9-7-17)36-24(26,27)28/h4-11H,12H2,1-3H3,(H,31,35). The lowest BCUT2D eigenvalue weighted by Crippen LogP contribution is -2.17. The van der Waals surface area contributed by atoms with Crippen molar-refractivity contribution >= 4 is 35.0 Å². The fraction of sp³-hybridized carbons (Fsp3) is 0.208. The molecule has 4 rings (SSSR count). The molecular weight excluding hydrogens is 529 g/mol. The van der Waals surface area contributed by atoms with Crippen molar-refractivity contribution in [1.82, 2.24) is 25.0 Å². The van der Waals surface area contributed by atoms with Crippen molar-refractivity contribution < 1.29 is 22.7 Å². The second kappa shape index (κ2) is 10.8. The molecular formula is C24H20ClF3N6O2S. The lowest BCUT2D eigenvalue weighted by molar-refractivity contribution is -0.274. The summed E-state index contributed by atoms with van der Waals surface area (Å²) in [5, 5.41) is 11.9. The average Bonchev–Trinajstić information content (AvgIpc) is 3.23. The molecule has 0 saturated heterocycles. The van der Waals surface area contributed by atoms with E-state index in [0.717, 1.165) is 29.1 Å². The highest BCUT2D eigenvalue weighted by Gasteiger charge is 2.31. The summed E-state index contributed by atoms with van der Waals surface area (Å²) in [5.41, 5.74) is 3.70. The molecule has 0 radical (unpaired) electrons. The van der Waals surface area contributed by atoms with Crippen molar-refractivity contribution in [2.75, 3.05) is 5.32 Å². The maximum atomic E-state index is 13.2. The van der Waals surface area contributed by atoms with Crippen LogP contribution in [0.15, 0.2) is 53.7 Å². The van der Waals surface area contributed by atoms with Gasteiger partial charge in [-0.3, -0.25) is 4.79 Å². The fourth-order valence-electron chi connectivity index (χ4n) is 3.41. The number of nitrogens with one attached hydrogen (secondary N) is 1. The number of carbonyl (C=O) groups is 1. The minimum atomic E-state index is -4.81. The molecule has 37 heavy (non-hydrogen) atoms. The van der Waals surface area contributed by atoms with Gasteiger partial charge in [0.25, 0.3) is 5.91 Å². The van der Waals surface area contributed by atoms with E-state index in [9.17, 15) is 18.0 Å². The number of nitrogens with zero attached hydrogens (tertiary/aromatic N) is 5. The first kappa shape index (κ1) is 26.4. The maximum Gasteiger partial charge on any atom is 0.573 e. The number of thioether (sulfide) groups is 1. The normalized spacial score (nSPS) is 11.4. The van der Waals surface area contributed by atoms with E-state index in [0.29, 0.717) is 27.2 Å². The molecule has 0 fully saturated rings. The molecule has 0 saturated carbocycles. The molecule has 2 aromatic carbocycles. The number of hydrogen-bond acceptors (Lipinski definition) is 7. The molecule has 4 aromatic rings. The molecule has 0 atom stereocenters. The summed E-state index contributed by atoms with van der Waals surface area (Å²) in [6, 6.07) is 12.0. The zero-order valence-electron chi connectivity index (χ0n) is 19.8. The summed E-state index contributed by atoms with van der Waals surface area (Å²) >= 11 is 7.35. The largest absolute Gasteiger partial charge is 0.573 e. The van der Waals surface area contributed by atoms with Crippen molar-refractivity contribution in [2.24, 2.45) is 0 Å². The molecule has 0 aliphatic carbocycles. The number of ether oxygens (including phenoxy) is 1. The Bertz CT molecular complexity index is 1420. The minimum absolute atomic E-state index is 0.0341. The Morgan fingerprint density at radius 1 is 1.05 bits per heavy atom. The summed E-state index contributed by atoms with van der Waals surface area (Å²) < 4.78 is 43.0. The molecule has 2 aromatic heterocycles. The van der Waals surface area contributed by atoms with Crippen LogP contribution in [0.1, 0.15) is 33.1 Å². The SMILES string of the molecule is Cc1cc(C)nc(SCc2c(C(=O)Nc3cc(Cl)ccc3C)nnn2-c2ccc(OC(F)(F)F)cc2)n1. The maximum absolute atomic E-state index is 13.2. The number of benzene rings is 2. The molecule has 0 bridgehead atoms. The van der Waals surface area contributed by atoms with Crippen molar-refractivity contribution in [3.05, 3.63) is 81.9 Å². The quantitative estimate of drug-likeness (QED) is 0.221. The Kier molecular flexibility index (Phi) is 7.69.